The van der Waals surface area contributed by atoms with Gasteiger partial charge in [0, 0.05) is 19.0 Å². The number of likely N-dealkylation sites (tertiary alicyclic amines) is 1. The molecule has 4 fully saturated rings. The quantitative estimate of drug-likeness (QED) is 0.449. The number of hydrogen-bond acceptors (Lipinski definition) is 4. The second-order valence-electron chi connectivity index (χ2n) is 7.73. The van der Waals surface area contributed by atoms with E-state index in [1.54, 1.807) is 4.90 Å². The van der Waals surface area contributed by atoms with Crippen LogP contribution >= 0.6 is 0 Å². The zero-order valence-electron chi connectivity index (χ0n) is 12.4. The summed E-state index contributed by atoms with van der Waals surface area (Å²) in [7, 11) is 0. The fraction of sp³-hybridized carbons (Fsp3) is 0.857. The van der Waals surface area contributed by atoms with E-state index in [1.807, 2.05) is 20.8 Å². The maximum Gasteiger partial charge on any atom is 0.410 e. The van der Waals surface area contributed by atoms with Crippen molar-refractivity contribution in [2.75, 3.05) is 13.1 Å². The molecule has 3 saturated carbocycles. The van der Waals surface area contributed by atoms with Gasteiger partial charge in [-0.3, -0.25) is 10.2 Å². The number of nitrogens with zero attached hydrogens (tertiary/aromatic N) is 1. The van der Waals surface area contributed by atoms with Gasteiger partial charge in [0.1, 0.15) is 5.60 Å². The Labute approximate surface area is 119 Å². The van der Waals surface area contributed by atoms with Crippen LogP contribution in [0.2, 0.25) is 0 Å². The fourth-order valence-electron chi connectivity index (χ4n) is 4.03. The molecule has 1 saturated heterocycles. The van der Waals surface area contributed by atoms with Crippen molar-refractivity contribution in [3.8, 4) is 0 Å². The Morgan fingerprint density at radius 3 is 2.25 bits per heavy atom. The van der Waals surface area contributed by atoms with E-state index in [9.17, 15) is 9.59 Å². The first-order valence-electron chi connectivity index (χ1n) is 7.19. The number of carbonyl (C=O) groups is 2. The molecular weight excluding hydrogens is 258 g/mol. The van der Waals surface area contributed by atoms with Crippen LogP contribution in [-0.4, -0.2) is 35.6 Å². The summed E-state index contributed by atoms with van der Waals surface area (Å²) in [6.45, 7) is 7.14. The van der Waals surface area contributed by atoms with E-state index in [0.29, 0.717) is 5.92 Å². The van der Waals surface area contributed by atoms with E-state index in [1.165, 1.54) is 0 Å². The number of carbonyl (C=O) groups excluding carboxylic acids is 2. The highest BCUT2D eigenvalue weighted by Gasteiger charge is 2.74. The molecule has 6 nitrogen and oxygen atoms in total. The summed E-state index contributed by atoms with van der Waals surface area (Å²) in [5.41, 5.74) is 1.91. The Kier molecular flexibility index (Phi) is 2.65. The van der Waals surface area contributed by atoms with Crippen molar-refractivity contribution >= 4 is 12.0 Å². The van der Waals surface area contributed by atoms with Gasteiger partial charge in [-0.1, -0.05) is 0 Å². The van der Waals surface area contributed by atoms with Crippen LogP contribution in [0.5, 0.6) is 0 Å². The predicted octanol–water partition coefficient (Wildman–Crippen LogP) is 1.01. The summed E-state index contributed by atoms with van der Waals surface area (Å²) in [4.78, 5) is 25.3. The van der Waals surface area contributed by atoms with Gasteiger partial charge in [-0.25, -0.2) is 10.6 Å². The summed E-state index contributed by atoms with van der Waals surface area (Å²) in [5.74, 6) is 5.70. The highest BCUT2D eigenvalue weighted by atomic mass is 16.6. The summed E-state index contributed by atoms with van der Waals surface area (Å²) in [5, 5.41) is 0. The van der Waals surface area contributed by atoms with Gasteiger partial charge in [0.25, 0.3) is 0 Å². The third kappa shape index (κ3) is 1.81. The molecule has 20 heavy (non-hydrogen) atoms. The molecular formula is C14H23N3O3. The van der Waals surface area contributed by atoms with Gasteiger partial charge in [0.15, 0.2) is 0 Å². The SMILES string of the molecule is CC(C)(C)OC(=O)N1CC(C23CC(C(=O)NN)(C2)C3)C1. The largest absolute Gasteiger partial charge is 0.444 e. The van der Waals surface area contributed by atoms with Crippen molar-refractivity contribution < 1.29 is 14.3 Å². The summed E-state index contributed by atoms with van der Waals surface area (Å²) >= 11 is 0. The van der Waals surface area contributed by atoms with Gasteiger partial charge in [-0.05, 0) is 45.4 Å². The molecule has 0 aromatic rings. The van der Waals surface area contributed by atoms with Gasteiger partial charge in [0.05, 0.1) is 5.41 Å². The van der Waals surface area contributed by atoms with Crippen LogP contribution in [0, 0.1) is 16.7 Å². The number of nitrogens with two attached hydrogens (primary N) is 1. The Balaban J connectivity index is 1.47. The lowest BCUT2D eigenvalue weighted by molar-refractivity contribution is -0.246. The van der Waals surface area contributed by atoms with Crippen LogP contribution in [0.4, 0.5) is 4.79 Å². The van der Waals surface area contributed by atoms with Crippen molar-refractivity contribution in [3.63, 3.8) is 0 Å². The number of hydrazine groups is 1. The van der Waals surface area contributed by atoms with E-state index < -0.39 is 5.60 Å². The minimum absolute atomic E-state index is 0.0253. The van der Waals surface area contributed by atoms with Crippen molar-refractivity contribution in [1.29, 1.82) is 0 Å². The summed E-state index contributed by atoms with van der Waals surface area (Å²) in [6, 6.07) is 0. The van der Waals surface area contributed by atoms with Crippen LogP contribution in [-0.2, 0) is 9.53 Å². The average Bonchev–Trinajstić information content (AvgIpc) is 2.13. The number of ether oxygens (including phenoxy) is 1. The first kappa shape index (κ1) is 13.7. The molecule has 3 aliphatic carbocycles. The van der Waals surface area contributed by atoms with Crippen molar-refractivity contribution in [3.05, 3.63) is 0 Å². The lowest BCUT2D eigenvalue weighted by Crippen LogP contribution is -2.75. The molecule has 0 unspecified atom stereocenters. The Morgan fingerprint density at radius 2 is 1.80 bits per heavy atom. The highest BCUT2D eigenvalue weighted by Crippen LogP contribution is 2.77. The fourth-order valence-corrected chi connectivity index (χ4v) is 4.03. The van der Waals surface area contributed by atoms with Crippen LogP contribution in [0.1, 0.15) is 40.0 Å². The molecule has 0 aromatic carbocycles. The van der Waals surface area contributed by atoms with Crippen LogP contribution in [0.25, 0.3) is 0 Å². The third-order valence-electron chi connectivity index (χ3n) is 5.08. The zero-order valence-corrected chi connectivity index (χ0v) is 12.4. The molecule has 2 bridgehead atoms. The normalized spacial score (nSPS) is 35.5. The molecule has 6 heteroatoms. The first-order valence-corrected chi connectivity index (χ1v) is 7.19. The number of rotatable bonds is 2. The third-order valence-corrected chi connectivity index (χ3v) is 5.08. The van der Waals surface area contributed by atoms with Gasteiger partial charge in [0.2, 0.25) is 5.91 Å². The molecule has 112 valence electrons. The second kappa shape index (κ2) is 3.87. The molecule has 1 heterocycles. The molecule has 3 N–H and O–H groups in total. The highest BCUT2D eigenvalue weighted by molar-refractivity contribution is 5.86. The molecule has 0 aromatic heterocycles. The minimum Gasteiger partial charge on any atom is -0.444 e. The summed E-state index contributed by atoms with van der Waals surface area (Å²) < 4.78 is 5.35. The van der Waals surface area contributed by atoms with Crippen molar-refractivity contribution in [1.82, 2.24) is 10.3 Å². The molecule has 0 radical (unpaired) electrons. The van der Waals surface area contributed by atoms with E-state index in [2.05, 4.69) is 5.43 Å². The van der Waals surface area contributed by atoms with Crippen LogP contribution < -0.4 is 11.3 Å². The van der Waals surface area contributed by atoms with Crippen molar-refractivity contribution in [2.24, 2.45) is 22.6 Å². The second-order valence-corrected chi connectivity index (χ2v) is 7.73. The Hall–Kier alpha value is -1.30. The van der Waals surface area contributed by atoms with Crippen LogP contribution in [0.15, 0.2) is 0 Å². The maximum absolute atomic E-state index is 11.9. The van der Waals surface area contributed by atoms with E-state index in [4.69, 9.17) is 10.6 Å². The van der Waals surface area contributed by atoms with Gasteiger partial charge >= 0.3 is 6.09 Å². The molecule has 1 aliphatic heterocycles. The average molecular weight is 281 g/mol. The van der Waals surface area contributed by atoms with Crippen LogP contribution in [0.3, 0.4) is 0 Å². The smallest absolute Gasteiger partial charge is 0.410 e. The molecule has 4 aliphatic rings. The molecule has 0 atom stereocenters. The predicted molar refractivity (Wildman–Crippen MR) is 72.3 cm³/mol. The number of hydrogen-bond donors (Lipinski definition) is 2. The maximum atomic E-state index is 11.9. The number of nitrogens with one attached hydrogen (secondary N) is 1. The lowest BCUT2D eigenvalue weighted by Gasteiger charge is -2.74. The lowest BCUT2D eigenvalue weighted by atomic mass is 9.31. The molecule has 4 rings (SSSR count). The molecule has 2 amide bonds. The monoisotopic (exact) mass is 281 g/mol. The standard InChI is InChI=1S/C14H23N3O3/c1-12(2,3)20-11(19)17-4-9(5-17)13-6-14(7-13,8-13)10(18)16-15/h9H,4-8,15H2,1-3H3,(H,16,18). The first-order chi connectivity index (χ1) is 9.20. The Bertz CT molecular complexity index is 443. The van der Waals surface area contributed by atoms with Gasteiger partial charge in [-0.15, -0.1) is 0 Å². The van der Waals surface area contributed by atoms with E-state index >= 15 is 0 Å². The van der Waals surface area contributed by atoms with Crippen molar-refractivity contribution in [2.45, 2.75) is 45.6 Å². The summed E-state index contributed by atoms with van der Waals surface area (Å²) in [6.07, 6.45) is 2.55. The van der Waals surface area contributed by atoms with E-state index in [0.717, 1.165) is 32.4 Å². The molecule has 0 spiro atoms. The number of amides is 2. The topological polar surface area (TPSA) is 84.7 Å². The minimum atomic E-state index is -0.443. The zero-order chi connectivity index (χ0) is 14.8. The van der Waals surface area contributed by atoms with Gasteiger partial charge in [-0.2, -0.15) is 0 Å². The van der Waals surface area contributed by atoms with E-state index in [-0.39, 0.29) is 22.8 Å². The Morgan fingerprint density at radius 1 is 1.25 bits per heavy atom. The van der Waals surface area contributed by atoms with Gasteiger partial charge < -0.3 is 9.64 Å².